The standard InChI is InChI=1S/C20H26O4/c21-19(23-15-9-3-1-4-10-15)17-13-7-8-14-18(17)20(22)24-16-11-5-2-6-12-16/h7-8,13-16H,1-6,9-12H2/i7D,8D,13D,14D. The minimum atomic E-state index is -0.880. The van der Waals surface area contributed by atoms with Gasteiger partial charge in [-0.1, -0.05) is 24.9 Å². The van der Waals surface area contributed by atoms with Crippen LogP contribution in [0.5, 0.6) is 0 Å². The Kier molecular flexibility index (Phi) is 4.34. The molecule has 1 aromatic carbocycles. The van der Waals surface area contributed by atoms with Crippen LogP contribution in [0, 0.1) is 0 Å². The minimum absolute atomic E-state index is 0.290. The van der Waals surface area contributed by atoms with E-state index in [1.54, 1.807) is 0 Å². The van der Waals surface area contributed by atoms with Crippen LogP contribution in [0.3, 0.4) is 0 Å². The highest BCUT2D eigenvalue weighted by molar-refractivity contribution is 6.03. The highest BCUT2D eigenvalue weighted by Crippen LogP contribution is 2.24. The lowest BCUT2D eigenvalue weighted by atomic mass is 9.97. The van der Waals surface area contributed by atoms with Crippen molar-refractivity contribution >= 4 is 11.9 Å². The summed E-state index contributed by atoms with van der Waals surface area (Å²) >= 11 is 0. The van der Waals surface area contributed by atoms with Crippen LogP contribution in [0.2, 0.25) is 0 Å². The summed E-state index contributed by atoms with van der Waals surface area (Å²) in [4.78, 5) is 25.6. The molecule has 0 heterocycles. The summed E-state index contributed by atoms with van der Waals surface area (Å²) in [7, 11) is 0. The average Bonchev–Trinajstić information content (AvgIpc) is 2.70. The first-order chi connectivity index (χ1) is 13.4. The van der Waals surface area contributed by atoms with Crippen LogP contribution in [0.1, 0.15) is 90.4 Å². The molecule has 2 aliphatic carbocycles. The van der Waals surface area contributed by atoms with Crippen molar-refractivity contribution in [2.45, 2.75) is 76.4 Å². The van der Waals surface area contributed by atoms with E-state index in [2.05, 4.69) is 0 Å². The summed E-state index contributed by atoms with van der Waals surface area (Å²) in [5.74, 6) is -1.76. The maximum Gasteiger partial charge on any atom is 0.339 e. The summed E-state index contributed by atoms with van der Waals surface area (Å²) < 4.78 is 43.0. The van der Waals surface area contributed by atoms with Crippen molar-refractivity contribution in [1.82, 2.24) is 0 Å². The van der Waals surface area contributed by atoms with Gasteiger partial charge in [-0.15, -0.1) is 0 Å². The van der Waals surface area contributed by atoms with Crippen LogP contribution in [-0.2, 0) is 9.47 Å². The number of benzene rings is 1. The highest BCUT2D eigenvalue weighted by Gasteiger charge is 2.25. The normalized spacial score (nSPS) is 22.0. The topological polar surface area (TPSA) is 52.6 Å². The van der Waals surface area contributed by atoms with E-state index in [1.165, 1.54) is 0 Å². The number of rotatable bonds is 4. The number of carbonyl (C=O) groups excluding carboxylic acids is 2. The van der Waals surface area contributed by atoms with E-state index >= 15 is 0 Å². The molecule has 0 saturated heterocycles. The van der Waals surface area contributed by atoms with E-state index in [0.717, 1.165) is 64.2 Å². The lowest BCUT2D eigenvalue weighted by Crippen LogP contribution is -2.24. The van der Waals surface area contributed by atoms with Crippen molar-refractivity contribution in [3.05, 3.63) is 35.3 Å². The largest absolute Gasteiger partial charge is 0.459 e. The predicted molar refractivity (Wildman–Crippen MR) is 91.0 cm³/mol. The molecule has 0 aromatic heterocycles. The van der Waals surface area contributed by atoms with E-state index in [0.29, 0.717) is 0 Å². The highest BCUT2D eigenvalue weighted by atomic mass is 16.5. The summed E-state index contributed by atoms with van der Waals surface area (Å²) in [5.41, 5.74) is -0.838. The van der Waals surface area contributed by atoms with E-state index in [1.807, 2.05) is 0 Å². The van der Waals surface area contributed by atoms with Gasteiger partial charge in [-0.05, 0) is 63.5 Å². The zero-order valence-corrected chi connectivity index (χ0v) is 13.9. The quantitative estimate of drug-likeness (QED) is 0.751. The first-order valence-electron chi connectivity index (χ1n) is 10.9. The first-order valence-corrected chi connectivity index (χ1v) is 8.92. The smallest absolute Gasteiger partial charge is 0.339 e. The molecule has 130 valence electrons. The molecule has 0 amide bonds. The Hall–Kier alpha value is -1.84. The van der Waals surface area contributed by atoms with E-state index in [-0.39, 0.29) is 12.2 Å². The van der Waals surface area contributed by atoms with Gasteiger partial charge in [-0.2, -0.15) is 0 Å². The molecule has 3 rings (SSSR count). The Balaban J connectivity index is 1.92. The Morgan fingerprint density at radius 2 is 1.12 bits per heavy atom. The fourth-order valence-corrected chi connectivity index (χ4v) is 3.41. The van der Waals surface area contributed by atoms with Crippen molar-refractivity contribution in [1.29, 1.82) is 0 Å². The molecule has 2 fully saturated rings. The first kappa shape index (κ1) is 12.5. The predicted octanol–water partition coefficient (Wildman–Crippen LogP) is 4.67. The van der Waals surface area contributed by atoms with Crippen molar-refractivity contribution in [2.24, 2.45) is 0 Å². The van der Waals surface area contributed by atoms with Crippen LogP contribution in [0.4, 0.5) is 0 Å². The molecule has 4 nitrogen and oxygen atoms in total. The lowest BCUT2D eigenvalue weighted by molar-refractivity contribution is 0.0164. The fourth-order valence-electron chi connectivity index (χ4n) is 3.41. The van der Waals surface area contributed by atoms with Gasteiger partial charge in [0.05, 0.1) is 16.6 Å². The Bertz CT molecular complexity index is 690. The molecule has 0 unspecified atom stereocenters. The summed E-state index contributed by atoms with van der Waals surface area (Å²) in [5, 5.41) is 0. The van der Waals surface area contributed by atoms with Gasteiger partial charge >= 0.3 is 11.9 Å². The van der Waals surface area contributed by atoms with Gasteiger partial charge in [0.15, 0.2) is 0 Å². The third-order valence-electron chi connectivity index (χ3n) is 4.75. The molecule has 0 spiro atoms. The Morgan fingerprint density at radius 3 is 1.50 bits per heavy atom. The maximum absolute atomic E-state index is 12.8. The molecule has 2 aliphatic rings. The molecule has 0 N–H and O–H groups in total. The molecule has 1 aromatic rings. The van der Waals surface area contributed by atoms with Gasteiger partial charge in [0.1, 0.15) is 12.2 Å². The monoisotopic (exact) mass is 334 g/mol. The van der Waals surface area contributed by atoms with Gasteiger partial charge in [-0.25, -0.2) is 9.59 Å². The average molecular weight is 334 g/mol. The Labute approximate surface area is 149 Å². The minimum Gasteiger partial charge on any atom is -0.459 e. The molecular weight excluding hydrogens is 304 g/mol. The number of carbonyl (C=O) groups is 2. The van der Waals surface area contributed by atoms with E-state index in [9.17, 15) is 9.59 Å². The molecule has 4 heteroatoms. The van der Waals surface area contributed by atoms with Crippen LogP contribution < -0.4 is 0 Å². The number of ether oxygens (including phenoxy) is 2. The van der Waals surface area contributed by atoms with Crippen molar-refractivity contribution in [3.63, 3.8) is 0 Å². The van der Waals surface area contributed by atoms with Crippen molar-refractivity contribution in [3.8, 4) is 0 Å². The SMILES string of the molecule is [2H]c1c([2H])c([2H])c(C(=O)OC2CCCCC2)c(C(=O)OC2CCCCC2)c1[2H]. The van der Waals surface area contributed by atoms with E-state index < -0.39 is 47.2 Å². The third kappa shape index (κ3) is 4.37. The lowest BCUT2D eigenvalue weighted by Gasteiger charge is -2.23. The molecule has 0 atom stereocenters. The number of esters is 2. The number of hydrogen-bond acceptors (Lipinski definition) is 4. The third-order valence-corrected chi connectivity index (χ3v) is 4.75. The summed E-state index contributed by atoms with van der Waals surface area (Å²) in [6, 6.07) is -2.24. The van der Waals surface area contributed by atoms with Crippen molar-refractivity contribution < 1.29 is 24.5 Å². The molecule has 2 saturated carbocycles. The van der Waals surface area contributed by atoms with Crippen molar-refractivity contribution in [2.75, 3.05) is 0 Å². The van der Waals surface area contributed by atoms with Crippen LogP contribution >= 0.6 is 0 Å². The summed E-state index contributed by atoms with van der Waals surface area (Å²) in [6.45, 7) is 0. The Morgan fingerprint density at radius 1 is 0.750 bits per heavy atom. The second-order valence-corrected chi connectivity index (χ2v) is 6.58. The van der Waals surface area contributed by atoms with Crippen LogP contribution in [0.15, 0.2) is 24.2 Å². The van der Waals surface area contributed by atoms with Gasteiger partial charge in [0, 0.05) is 0 Å². The molecule has 0 radical (unpaired) electrons. The van der Waals surface area contributed by atoms with Crippen LogP contribution in [0.25, 0.3) is 0 Å². The number of hydrogen-bond donors (Lipinski definition) is 0. The molecule has 0 bridgehead atoms. The maximum atomic E-state index is 12.8. The summed E-state index contributed by atoms with van der Waals surface area (Å²) in [6.07, 6.45) is 8.25. The zero-order chi connectivity index (χ0) is 20.3. The molecule has 24 heavy (non-hydrogen) atoms. The molecular formula is C20H26O4. The second-order valence-electron chi connectivity index (χ2n) is 6.58. The van der Waals surface area contributed by atoms with Gasteiger partial charge in [0.2, 0.25) is 0 Å². The fraction of sp³-hybridized carbons (Fsp3) is 0.600. The molecule has 0 aliphatic heterocycles. The van der Waals surface area contributed by atoms with Gasteiger partial charge < -0.3 is 9.47 Å². The second kappa shape index (κ2) is 8.32. The van der Waals surface area contributed by atoms with Gasteiger partial charge in [-0.3, -0.25) is 0 Å². The van der Waals surface area contributed by atoms with Crippen LogP contribution in [-0.4, -0.2) is 24.1 Å². The van der Waals surface area contributed by atoms with Gasteiger partial charge in [0.25, 0.3) is 0 Å². The van der Waals surface area contributed by atoms with E-state index in [4.69, 9.17) is 15.0 Å². The zero-order valence-electron chi connectivity index (χ0n) is 17.9.